The summed E-state index contributed by atoms with van der Waals surface area (Å²) in [7, 11) is 1.57. The lowest BCUT2D eigenvalue weighted by Gasteiger charge is -2.00. The first-order valence-electron chi connectivity index (χ1n) is 3.68. The molecule has 0 radical (unpaired) electrons. The molecule has 0 fully saturated rings. The van der Waals surface area contributed by atoms with Crippen LogP contribution in [-0.4, -0.2) is 24.7 Å². The molecule has 0 saturated carbocycles. The zero-order chi connectivity index (χ0) is 9.68. The number of carbonyl (C=O) groups excluding carboxylic acids is 1. The molecule has 1 rings (SSSR count). The van der Waals surface area contributed by atoms with Gasteiger partial charge in [0.2, 0.25) is 0 Å². The molecule has 2 N–H and O–H groups in total. The molecule has 13 heavy (non-hydrogen) atoms. The molecule has 0 saturated heterocycles. The second-order valence-electron chi connectivity index (χ2n) is 2.28. The van der Waals surface area contributed by atoms with Crippen LogP contribution in [0.5, 0.6) is 0 Å². The molecule has 1 heterocycles. The second-order valence-corrected chi connectivity index (χ2v) is 2.28. The van der Waals surface area contributed by atoms with E-state index in [1.54, 1.807) is 19.2 Å². The van der Waals surface area contributed by atoms with Crippen molar-refractivity contribution in [1.82, 2.24) is 10.3 Å². The Morgan fingerprint density at radius 2 is 2.38 bits per heavy atom. The van der Waals surface area contributed by atoms with Gasteiger partial charge in [0.05, 0.1) is 5.56 Å². The van der Waals surface area contributed by atoms with Gasteiger partial charge in [-0.3, -0.25) is 10.2 Å². The third-order valence-electron chi connectivity index (χ3n) is 1.45. The molecule has 0 unspecified atom stereocenters. The summed E-state index contributed by atoms with van der Waals surface area (Å²) < 4.78 is 0. The van der Waals surface area contributed by atoms with Crippen molar-refractivity contribution in [3.63, 3.8) is 0 Å². The Morgan fingerprint density at radius 3 is 2.85 bits per heavy atom. The molecule has 5 heteroatoms. The first-order chi connectivity index (χ1) is 6.27. The van der Waals surface area contributed by atoms with E-state index in [0.29, 0.717) is 11.4 Å². The monoisotopic (exact) mass is 178 g/mol. The number of nitrogens with zero attached hydrogens (tertiary/aromatic N) is 2. The fourth-order valence-corrected chi connectivity index (χ4v) is 0.820. The van der Waals surface area contributed by atoms with Crippen LogP contribution in [0.4, 0.5) is 5.82 Å². The highest BCUT2D eigenvalue weighted by molar-refractivity contribution is 5.93. The van der Waals surface area contributed by atoms with Crippen molar-refractivity contribution in [3.8, 4) is 0 Å². The largest absolute Gasteiger partial charge is 0.355 e. The zero-order valence-electron chi connectivity index (χ0n) is 7.24. The molecule has 1 aromatic rings. The summed E-state index contributed by atoms with van der Waals surface area (Å²) in [6.45, 7) is 3.25. The topological polar surface area (TPSA) is 66.4 Å². The van der Waals surface area contributed by atoms with Gasteiger partial charge >= 0.3 is 0 Å². The van der Waals surface area contributed by atoms with Crippen LogP contribution in [-0.2, 0) is 0 Å². The minimum atomic E-state index is -0.161. The van der Waals surface area contributed by atoms with Crippen LogP contribution in [0.15, 0.2) is 23.4 Å². The van der Waals surface area contributed by atoms with Gasteiger partial charge < -0.3 is 5.32 Å². The van der Waals surface area contributed by atoms with Crippen LogP contribution in [0, 0.1) is 0 Å². The van der Waals surface area contributed by atoms with E-state index in [0.717, 1.165) is 0 Å². The van der Waals surface area contributed by atoms with E-state index in [1.165, 1.54) is 6.20 Å². The summed E-state index contributed by atoms with van der Waals surface area (Å²) in [5.41, 5.74) is 3.07. The highest BCUT2D eigenvalue weighted by Crippen LogP contribution is 2.04. The molecular weight excluding hydrogens is 168 g/mol. The van der Waals surface area contributed by atoms with Crippen LogP contribution in [0.2, 0.25) is 0 Å². The number of hydrazone groups is 1. The predicted octanol–water partition coefficient (Wildman–Crippen LogP) is 0.469. The highest BCUT2D eigenvalue weighted by atomic mass is 16.1. The number of nitrogens with one attached hydrogen (secondary N) is 2. The minimum Gasteiger partial charge on any atom is -0.355 e. The Labute approximate surface area is 75.9 Å². The molecule has 68 valence electrons. The lowest BCUT2D eigenvalue weighted by Crippen LogP contribution is -2.17. The van der Waals surface area contributed by atoms with Gasteiger partial charge in [-0.1, -0.05) is 0 Å². The molecule has 1 amide bonds. The highest BCUT2D eigenvalue weighted by Gasteiger charge is 2.01. The molecule has 0 bridgehead atoms. The van der Waals surface area contributed by atoms with Gasteiger partial charge in [-0.05, 0) is 12.1 Å². The van der Waals surface area contributed by atoms with Crippen molar-refractivity contribution in [2.75, 3.05) is 12.5 Å². The smallest absolute Gasteiger partial charge is 0.252 e. The van der Waals surface area contributed by atoms with E-state index in [1.807, 2.05) is 0 Å². The average molecular weight is 178 g/mol. The molecule has 0 aliphatic carbocycles. The lowest BCUT2D eigenvalue weighted by molar-refractivity contribution is 0.0963. The standard InChI is InChI=1S/C8H10N4O/c1-9-8(13)6-3-4-7(11-5-6)12-10-2/h3-5H,2H2,1H3,(H,9,13)(H,11,12). The Kier molecular flexibility index (Phi) is 2.97. The van der Waals surface area contributed by atoms with Gasteiger partial charge in [0.15, 0.2) is 0 Å². The summed E-state index contributed by atoms with van der Waals surface area (Å²) in [6, 6.07) is 3.30. The normalized spacial score (nSPS) is 9.00. The lowest BCUT2D eigenvalue weighted by atomic mass is 10.3. The zero-order valence-corrected chi connectivity index (χ0v) is 7.24. The quantitative estimate of drug-likeness (QED) is 0.522. The fraction of sp³-hybridized carbons (Fsp3) is 0.125. The number of pyridine rings is 1. The van der Waals surface area contributed by atoms with Gasteiger partial charge in [0, 0.05) is 20.0 Å². The number of anilines is 1. The molecule has 0 aliphatic heterocycles. The summed E-state index contributed by atoms with van der Waals surface area (Å²) in [5, 5.41) is 5.94. The van der Waals surface area contributed by atoms with E-state index in [4.69, 9.17) is 0 Å². The summed E-state index contributed by atoms with van der Waals surface area (Å²) >= 11 is 0. The number of amides is 1. The molecule has 0 aliphatic rings. The molecule has 0 spiro atoms. The second kappa shape index (κ2) is 4.20. The van der Waals surface area contributed by atoms with Crippen molar-refractivity contribution in [2.45, 2.75) is 0 Å². The Balaban J connectivity index is 2.80. The molecule has 5 nitrogen and oxygen atoms in total. The number of aromatic nitrogens is 1. The molecule has 0 aromatic carbocycles. The van der Waals surface area contributed by atoms with Gasteiger partial charge in [0.25, 0.3) is 5.91 Å². The van der Waals surface area contributed by atoms with Crippen molar-refractivity contribution >= 4 is 18.4 Å². The molecule has 0 atom stereocenters. The van der Waals surface area contributed by atoms with Gasteiger partial charge in [-0.25, -0.2) is 4.98 Å². The third-order valence-corrected chi connectivity index (χ3v) is 1.45. The number of carbonyl (C=O) groups is 1. The van der Waals surface area contributed by atoms with Crippen molar-refractivity contribution in [3.05, 3.63) is 23.9 Å². The Morgan fingerprint density at radius 1 is 1.62 bits per heavy atom. The number of rotatable bonds is 3. The van der Waals surface area contributed by atoms with E-state index in [-0.39, 0.29) is 5.91 Å². The maximum Gasteiger partial charge on any atom is 0.252 e. The van der Waals surface area contributed by atoms with Crippen LogP contribution in [0.1, 0.15) is 10.4 Å². The van der Waals surface area contributed by atoms with Crippen molar-refractivity contribution in [1.29, 1.82) is 0 Å². The van der Waals surface area contributed by atoms with E-state index >= 15 is 0 Å². The third kappa shape index (κ3) is 2.26. The van der Waals surface area contributed by atoms with E-state index in [9.17, 15) is 4.79 Å². The summed E-state index contributed by atoms with van der Waals surface area (Å²) in [4.78, 5) is 15.0. The molecule has 1 aromatic heterocycles. The molecular formula is C8H10N4O. The SMILES string of the molecule is C=NNc1ccc(C(=O)NC)cn1. The van der Waals surface area contributed by atoms with Crippen LogP contribution in [0.3, 0.4) is 0 Å². The summed E-state index contributed by atoms with van der Waals surface area (Å²) in [5.74, 6) is 0.397. The number of hydrogen-bond acceptors (Lipinski definition) is 4. The van der Waals surface area contributed by atoms with Crippen molar-refractivity contribution < 1.29 is 4.79 Å². The fourth-order valence-electron chi connectivity index (χ4n) is 0.820. The first kappa shape index (κ1) is 9.18. The maximum absolute atomic E-state index is 11.1. The maximum atomic E-state index is 11.1. The summed E-state index contributed by atoms with van der Waals surface area (Å²) in [6.07, 6.45) is 1.46. The minimum absolute atomic E-state index is 0.161. The van der Waals surface area contributed by atoms with Gasteiger partial charge in [0.1, 0.15) is 5.82 Å². The Hall–Kier alpha value is -1.91. The first-order valence-corrected chi connectivity index (χ1v) is 3.68. The van der Waals surface area contributed by atoms with E-state index < -0.39 is 0 Å². The van der Waals surface area contributed by atoms with Crippen LogP contribution in [0.25, 0.3) is 0 Å². The van der Waals surface area contributed by atoms with Crippen molar-refractivity contribution in [2.24, 2.45) is 5.10 Å². The Bertz CT molecular complexity index is 306. The van der Waals surface area contributed by atoms with Crippen LogP contribution >= 0.6 is 0 Å². The number of hydrogen-bond donors (Lipinski definition) is 2. The van der Waals surface area contributed by atoms with E-state index in [2.05, 4.69) is 27.5 Å². The van der Waals surface area contributed by atoms with Gasteiger partial charge in [-0.15, -0.1) is 0 Å². The van der Waals surface area contributed by atoms with Crippen LogP contribution < -0.4 is 10.7 Å². The predicted molar refractivity (Wildman–Crippen MR) is 50.8 cm³/mol. The average Bonchev–Trinajstić information content (AvgIpc) is 2.18. The van der Waals surface area contributed by atoms with Gasteiger partial charge in [-0.2, -0.15) is 5.10 Å².